The summed E-state index contributed by atoms with van der Waals surface area (Å²) in [6, 6.07) is 8.82. The average molecular weight is 352 g/mol. The van der Waals surface area contributed by atoms with Gasteiger partial charge in [-0.15, -0.1) is 0 Å². The van der Waals surface area contributed by atoms with Crippen LogP contribution in [0.1, 0.15) is 56.6 Å². The molecule has 1 N–H and O–H groups in total. The third-order valence-corrected chi connectivity index (χ3v) is 6.03. The van der Waals surface area contributed by atoms with Crippen LogP contribution >= 0.6 is 15.9 Å². The second kappa shape index (κ2) is 7.26. The average Bonchev–Trinajstić information content (AvgIpc) is 3.16. The lowest BCUT2D eigenvalue weighted by Crippen LogP contribution is -2.35. The van der Waals surface area contributed by atoms with Crippen molar-refractivity contribution in [3.63, 3.8) is 0 Å². The van der Waals surface area contributed by atoms with Crippen LogP contribution in [0.2, 0.25) is 0 Å². The van der Waals surface area contributed by atoms with Crippen LogP contribution in [0.5, 0.6) is 0 Å². The van der Waals surface area contributed by atoms with Crippen LogP contribution in [0, 0.1) is 5.92 Å². The second-order valence-corrected chi connectivity index (χ2v) is 7.47. The number of hydrogen-bond donors (Lipinski definition) is 1. The third kappa shape index (κ3) is 3.69. The molecule has 3 heteroatoms. The van der Waals surface area contributed by atoms with Crippen LogP contribution in [0.4, 0.5) is 0 Å². The number of nitrogens with zero attached hydrogens (tertiary/aromatic N) is 1. The number of halogens is 1. The zero-order valence-electron chi connectivity index (χ0n) is 12.7. The van der Waals surface area contributed by atoms with Gasteiger partial charge >= 0.3 is 0 Å². The van der Waals surface area contributed by atoms with E-state index in [2.05, 4.69) is 20.8 Å². The molecule has 2 aliphatic rings. The molecule has 0 bridgehead atoms. The molecule has 0 amide bonds. The van der Waals surface area contributed by atoms with Crippen LogP contribution in [-0.2, 0) is 0 Å². The number of likely N-dealkylation sites (tertiary alicyclic amines) is 1. The molecule has 21 heavy (non-hydrogen) atoms. The van der Waals surface area contributed by atoms with Gasteiger partial charge in [-0.05, 0) is 56.2 Å². The summed E-state index contributed by atoms with van der Waals surface area (Å²) in [5.41, 5.74) is 1.02. The Labute approximate surface area is 136 Å². The minimum Gasteiger partial charge on any atom is -0.388 e. The highest BCUT2D eigenvalue weighted by Crippen LogP contribution is 2.36. The lowest BCUT2D eigenvalue weighted by molar-refractivity contribution is 0.123. The molecule has 2 nitrogen and oxygen atoms in total. The monoisotopic (exact) mass is 351 g/mol. The van der Waals surface area contributed by atoms with Crippen molar-refractivity contribution in [1.82, 2.24) is 4.90 Å². The first-order valence-electron chi connectivity index (χ1n) is 8.42. The van der Waals surface area contributed by atoms with E-state index in [1.807, 2.05) is 24.3 Å². The third-order valence-electron chi connectivity index (χ3n) is 5.31. The Hall–Kier alpha value is -0.380. The van der Waals surface area contributed by atoms with Crippen molar-refractivity contribution < 1.29 is 5.11 Å². The van der Waals surface area contributed by atoms with Crippen LogP contribution in [0.3, 0.4) is 0 Å². The highest BCUT2D eigenvalue weighted by Gasteiger charge is 2.33. The Balaban J connectivity index is 1.55. The molecule has 0 aromatic heterocycles. The molecule has 1 aromatic carbocycles. The summed E-state index contributed by atoms with van der Waals surface area (Å²) in [5, 5.41) is 10.5. The van der Waals surface area contributed by atoms with Gasteiger partial charge in [0.05, 0.1) is 6.10 Å². The van der Waals surface area contributed by atoms with Crippen molar-refractivity contribution in [3.05, 3.63) is 34.3 Å². The molecule has 3 rings (SSSR count). The van der Waals surface area contributed by atoms with Gasteiger partial charge in [0.1, 0.15) is 0 Å². The second-order valence-electron chi connectivity index (χ2n) is 6.62. The summed E-state index contributed by atoms with van der Waals surface area (Å²) in [4.78, 5) is 2.65. The van der Waals surface area contributed by atoms with Gasteiger partial charge in [-0.25, -0.2) is 0 Å². The first-order chi connectivity index (χ1) is 10.3. The Kier molecular flexibility index (Phi) is 5.36. The van der Waals surface area contributed by atoms with E-state index < -0.39 is 0 Å². The maximum atomic E-state index is 10.5. The fraction of sp³-hybridized carbons (Fsp3) is 0.667. The highest BCUT2D eigenvalue weighted by atomic mass is 79.9. The molecule has 1 heterocycles. The summed E-state index contributed by atoms with van der Waals surface area (Å²) in [5.74, 6) is 0.924. The van der Waals surface area contributed by atoms with Crippen molar-refractivity contribution in [3.8, 4) is 0 Å². The molecule has 1 aliphatic carbocycles. The Morgan fingerprint density at radius 1 is 1.14 bits per heavy atom. The van der Waals surface area contributed by atoms with Crippen molar-refractivity contribution in [2.24, 2.45) is 5.92 Å². The molecule has 1 aromatic rings. The van der Waals surface area contributed by atoms with Crippen LogP contribution < -0.4 is 0 Å². The molecule has 2 atom stereocenters. The van der Waals surface area contributed by atoms with E-state index in [4.69, 9.17) is 0 Å². The van der Waals surface area contributed by atoms with Gasteiger partial charge in [-0.1, -0.05) is 47.0 Å². The number of aliphatic hydroxyl groups excluding tert-OH is 1. The fourth-order valence-corrected chi connectivity index (χ4v) is 4.74. The van der Waals surface area contributed by atoms with E-state index in [0.29, 0.717) is 0 Å². The van der Waals surface area contributed by atoms with Gasteiger partial charge in [0.15, 0.2) is 0 Å². The van der Waals surface area contributed by atoms with Crippen molar-refractivity contribution in [1.29, 1.82) is 0 Å². The zero-order valence-corrected chi connectivity index (χ0v) is 14.3. The minimum atomic E-state index is -0.356. The molecular weight excluding hydrogens is 326 g/mol. The topological polar surface area (TPSA) is 23.5 Å². The standard InChI is InChI=1S/C18H26BrNO/c19-16-9-4-3-8-15(16)18(21)11-13-20-12-5-10-17(20)14-6-1-2-7-14/h3-4,8-9,14,17-18,21H,1-2,5-7,10-13H2. The maximum absolute atomic E-state index is 10.5. The molecule has 2 unspecified atom stereocenters. The number of benzene rings is 1. The lowest BCUT2D eigenvalue weighted by atomic mass is 9.95. The van der Waals surface area contributed by atoms with Crippen LogP contribution in [0.15, 0.2) is 28.7 Å². The fourth-order valence-electron chi connectivity index (χ4n) is 4.19. The predicted octanol–water partition coefficient (Wildman–Crippen LogP) is 4.53. The minimum absolute atomic E-state index is 0.356. The van der Waals surface area contributed by atoms with Crippen molar-refractivity contribution >= 4 is 15.9 Å². The molecule has 0 radical (unpaired) electrons. The predicted molar refractivity (Wildman–Crippen MR) is 90.3 cm³/mol. The number of hydrogen-bond acceptors (Lipinski definition) is 2. The molecule has 116 valence electrons. The van der Waals surface area contributed by atoms with E-state index in [1.165, 1.54) is 45.1 Å². The van der Waals surface area contributed by atoms with E-state index in [9.17, 15) is 5.11 Å². The van der Waals surface area contributed by atoms with E-state index in [1.54, 1.807) is 0 Å². The summed E-state index contributed by atoms with van der Waals surface area (Å²) >= 11 is 3.54. The first-order valence-corrected chi connectivity index (χ1v) is 9.21. The number of aliphatic hydroxyl groups is 1. The summed E-state index contributed by atoms with van der Waals surface area (Å²) in [7, 11) is 0. The van der Waals surface area contributed by atoms with Gasteiger partial charge in [0, 0.05) is 17.1 Å². The molecule has 1 saturated carbocycles. The Bertz CT molecular complexity index is 458. The smallest absolute Gasteiger partial charge is 0.0813 e. The van der Waals surface area contributed by atoms with E-state index in [-0.39, 0.29) is 6.10 Å². The lowest BCUT2D eigenvalue weighted by Gasteiger charge is -2.30. The number of rotatable bonds is 5. The largest absolute Gasteiger partial charge is 0.388 e. The van der Waals surface area contributed by atoms with Crippen LogP contribution in [0.25, 0.3) is 0 Å². The Morgan fingerprint density at radius 2 is 1.90 bits per heavy atom. The first kappa shape index (κ1) is 15.5. The normalized spacial score (nSPS) is 25.5. The van der Waals surface area contributed by atoms with Gasteiger partial charge in [-0.2, -0.15) is 0 Å². The molecule has 1 aliphatic heterocycles. The molecule has 1 saturated heterocycles. The SMILES string of the molecule is OC(CCN1CCCC1C1CCCC1)c1ccccc1Br. The summed E-state index contributed by atoms with van der Waals surface area (Å²) < 4.78 is 1.02. The quantitative estimate of drug-likeness (QED) is 0.842. The van der Waals surface area contributed by atoms with Crippen molar-refractivity contribution in [2.45, 2.75) is 57.1 Å². The molecular formula is C18H26BrNO. The maximum Gasteiger partial charge on any atom is 0.0813 e. The Morgan fingerprint density at radius 3 is 2.67 bits per heavy atom. The van der Waals surface area contributed by atoms with E-state index >= 15 is 0 Å². The summed E-state index contributed by atoms with van der Waals surface area (Å²) in [6.45, 7) is 2.26. The van der Waals surface area contributed by atoms with E-state index in [0.717, 1.165) is 35.0 Å². The molecule has 0 spiro atoms. The van der Waals surface area contributed by atoms with Gasteiger partial charge in [-0.3, -0.25) is 0 Å². The molecule has 2 fully saturated rings. The van der Waals surface area contributed by atoms with Gasteiger partial charge in [0.25, 0.3) is 0 Å². The zero-order chi connectivity index (χ0) is 14.7. The van der Waals surface area contributed by atoms with Crippen LogP contribution in [-0.4, -0.2) is 29.1 Å². The summed E-state index contributed by atoms with van der Waals surface area (Å²) in [6.07, 6.45) is 8.89. The highest BCUT2D eigenvalue weighted by molar-refractivity contribution is 9.10. The van der Waals surface area contributed by atoms with Crippen molar-refractivity contribution in [2.75, 3.05) is 13.1 Å². The van der Waals surface area contributed by atoms with Gasteiger partial charge < -0.3 is 10.0 Å². The van der Waals surface area contributed by atoms with Gasteiger partial charge in [0.2, 0.25) is 0 Å².